The van der Waals surface area contributed by atoms with Crippen molar-refractivity contribution in [1.29, 1.82) is 0 Å². The van der Waals surface area contributed by atoms with E-state index in [1.807, 2.05) is 31.2 Å². The molecule has 0 radical (unpaired) electrons. The van der Waals surface area contributed by atoms with E-state index in [1.54, 1.807) is 29.8 Å². The number of anilines is 2. The van der Waals surface area contributed by atoms with E-state index < -0.39 is 11.9 Å². The van der Waals surface area contributed by atoms with Crippen LogP contribution in [-0.2, 0) is 4.79 Å². The average Bonchev–Trinajstić information content (AvgIpc) is 3.14. The summed E-state index contributed by atoms with van der Waals surface area (Å²) >= 11 is 1.53. The molecule has 0 fully saturated rings. The lowest BCUT2D eigenvalue weighted by Crippen LogP contribution is -2.32. The van der Waals surface area contributed by atoms with Gasteiger partial charge in [0.05, 0.1) is 5.57 Å². The van der Waals surface area contributed by atoms with E-state index in [2.05, 4.69) is 27.6 Å². The van der Waals surface area contributed by atoms with Gasteiger partial charge in [0.15, 0.2) is 0 Å². The number of carbonyl (C=O) groups is 1. The maximum absolute atomic E-state index is 14.9. The number of hydrogen-bond donors (Lipinski definition) is 2. The summed E-state index contributed by atoms with van der Waals surface area (Å²) in [6.45, 7) is 5.85. The summed E-state index contributed by atoms with van der Waals surface area (Å²) in [7, 11) is 0. The average molecular weight is 438 g/mol. The molecule has 0 spiro atoms. The molecule has 6 nitrogen and oxygen atoms in total. The van der Waals surface area contributed by atoms with Gasteiger partial charge in [0.25, 0.3) is 5.91 Å². The Kier molecular flexibility index (Phi) is 6.08. The van der Waals surface area contributed by atoms with Crippen molar-refractivity contribution in [2.75, 3.05) is 16.4 Å². The Morgan fingerprint density at radius 3 is 2.77 bits per heavy atom. The normalized spacial score (nSPS) is 15.4. The number of hydrogen-bond acceptors (Lipinski definition) is 5. The number of aryl methyl sites for hydroxylation is 1. The van der Waals surface area contributed by atoms with Gasteiger partial charge in [-0.1, -0.05) is 49.0 Å². The van der Waals surface area contributed by atoms with Gasteiger partial charge < -0.3 is 10.6 Å². The summed E-state index contributed by atoms with van der Waals surface area (Å²) in [6, 6.07) is 13.3. The van der Waals surface area contributed by atoms with Crippen molar-refractivity contribution in [3.8, 4) is 0 Å². The Morgan fingerprint density at radius 2 is 2.03 bits per heavy atom. The molecular weight excluding hydrogens is 413 g/mol. The van der Waals surface area contributed by atoms with Crippen LogP contribution in [0.4, 0.5) is 16.0 Å². The fourth-order valence-electron chi connectivity index (χ4n) is 3.59. The van der Waals surface area contributed by atoms with Gasteiger partial charge in [-0.15, -0.1) is 5.10 Å². The van der Waals surface area contributed by atoms with Gasteiger partial charge in [-0.3, -0.25) is 4.79 Å². The number of allylic oxidation sites excluding steroid dienone is 1. The SMILES string of the molecule is CCCSc1nc2n(n1)C(c1ccccc1F)C(C(=O)Nc1cccc(C)c1)=C(C)N2. The Balaban J connectivity index is 1.77. The molecule has 2 heterocycles. The molecule has 3 aromatic rings. The van der Waals surface area contributed by atoms with Crippen LogP contribution in [-0.4, -0.2) is 26.4 Å². The number of rotatable bonds is 6. The number of benzene rings is 2. The van der Waals surface area contributed by atoms with Crippen LogP contribution in [0.1, 0.15) is 37.4 Å². The second kappa shape index (κ2) is 8.93. The zero-order valence-electron chi connectivity index (χ0n) is 17.6. The maximum Gasteiger partial charge on any atom is 0.255 e. The molecule has 8 heteroatoms. The summed E-state index contributed by atoms with van der Waals surface area (Å²) in [5, 5.41) is 11.3. The van der Waals surface area contributed by atoms with Crippen LogP contribution < -0.4 is 10.6 Å². The molecule has 2 aromatic carbocycles. The first-order valence-electron chi connectivity index (χ1n) is 10.2. The van der Waals surface area contributed by atoms with Gasteiger partial charge in [0.1, 0.15) is 11.9 Å². The number of halogens is 1. The first-order valence-corrected chi connectivity index (χ1v) is 11.2. The summed E-state index contributed by atoms with van der Waals surface area (Å²) in [5.41, 5.74) is 3.10. The molecule has 0 aliphatic carbocycles. The third kappa shape index (κ3) is 4.34. The first kappa shape index (κ1) is 21.1. The van der Waals surface area contributed by atoms with Crippen LogP contribution in [0.5, 0.6) is 0 Å². The van der Waals surface area contributed by atoms with E-state index >= 15 is 0 Å². The van der Waals surface area contributed by atoms with E-state index in [0.29, 0.717) is 33.6 Å². The molecule has 0 bridgehead atoms. The maximum atomic E-state index is 14.9. The smallest absolute Gasteiger partial charge is 0.255 e. The van der Waals surface area contributed by atoms with Crippen molar-refractivity contribution in [1.82, 2.24) is 14.8 Å². The molecule has 1 aliphatic rings. The number of fused-ring (bicyclic) bond motifs is 1. The highest BCUT2D eigenvalue weighted by atomic mass is 32.2. The molecule has 2 N–H and O–H groups in total. The number of carbonyl (C=O) groups excluding carboxylic acids is 1. The molecule has 1 amide bonds. The highest BCUT2D eigenvalue weighted by molar-refractivity contribution is 7.99. The predicted molar refractivity (Wildman–Crippen MR) is 122 cm³/mol. The molecular formula is C23H24FN5OS. The zero-order valence-corrected chi connectivity index (χ0v) is 18.5. The number of thioether (sulfide) groups is 1. The van der Waals surface area contributed by atoms with Crippen molar-refractivity contribution >= 4 is 29.3 Å². The predicted octanol–water partition coefficient (Wildman–Crippen LogP) is 5.16. The van der Waals surface area contributed by atoms with Crippen molar-refractivity contribution in [3.05, 3.63) is 76.7 Å². The van der Waals surface area contributed by atoms with E-state index in [1.165, 1.54) is 17.8 Å². The Morgan fingerprint density at radius 1 is 1.23 bits per heavy atom. The number of aromatic nitrogens is 3. The highest BCUT2D eigenvalue weighted by Gasteiger charge is 2.35. The monoisotopic (exact) mass is 437 g/mol. The Labute approximate surface area is 185 Å². The van der Waals surface area contributed by atoms with E-state index in [0.717, 1.165) is 17.7 Å². The van der Waals surface area contributed by atoms with Gasteiger partial charge >= 0.3 is 0 Å². The molecule has 1 atom stereocenters. The van der Waals surface area contributed by atoms with Crippen molar-refractivity contribution < 1.29 is 9.18 Å². The Hall–Kier alpha value is -3.13. The van der Waals surface area contributed by atoms with Crippen LogP contribution in [0.2, 0.25) is 0 Å². The van der Waals surface area contributed by atoms with Crippen molar-refractivity contribution in [2.45, 2.75) is 38.4 Å². The second-order valence-electron chi connectivity index (χ2n) is 7.42. The third-order valence-electron chi connectivity index (χ3n) is 4.99. The molecule has 0 saturated carbocycles. The fraction of sp³-hybridized carbons (Fsp3) is 0.261. The van der Waals surface area contributed by atoms with Crippen molar-refractivity contribution in [2.24, 2.45) is 0 Å². The summed E-state index contributed by atoms with van der Waals surface area (Å²) < 4.78 is 16.5. The first-order chi connectivity index (χ1) is 15.0. The van der Waals surface area contributed by atoms with Gasteiger partial charge in [0, 0.05) is 22.7 Å². The summed E-state index contributed by atoms with van der Waals surface area (Å²) in [5.74, 6) is 0.664. The lowest BCUT2D eigenvalue weighted by Gasteiger charge is -2.28. The summed E-state index contributed by atoms with van der Waals surface area (Å²) in [4.78, 5) is 17.9. The van der Waals surface area contributed by atoms with Gasteiger partial charge in [-0.25, -0.2) is 9.07 Å². The minimum absolute atomic E-state index is 0.312. The van der Waals surface area contributed by atoms with Crippen LogP contribution in [0, 0.1) is 12.7 Å². The molecule has 160 valence electrons. The zero-order chi connectivity index (χ0) is 22.0. The lowest BCUT2D eigenvalue weighted by atomic mass is 9.94. The third-order valence-corrected chi connectivity index (χ3v) is 6.03. The molecule has 31 heavy (non-hydrogen) atoms. The largest absolute Gasteiger partial charge is 0.328 e. The number of nitrogens with zero attached hydrogens (tertiary/aromatic N) is 3. The Bertz CT molecular complexity index is 1160. The molecule has 0 saturated heterocycles. The summed E-state index contributed by atoms with van der Waals surface area (Å²) in [6.07, 6.45) is 0.986. The standard InChI is InChI=1S/C23H24FN5OS/c1-4-12-31-23-27-22-25-15(3)19(21(30)26-16-9-7-8-14(2)13-16)20(29(22)28-23)17-10-5-6-11-18(17)24/h5-11,13,20H,4,12H2,1-3H3,(H,26,30)(H,25,27,28). The van der Waals surface area contributed by atoms with Crippen LogP contribution in [0.3, 0.4) is 0 Å². The van der Waals surface area contributed by atoms with E-state index in [-0.39, 0.29) is 5.91 Å². The molecule has 1 aromatic heterocycles. The minimum Gasteiger partial charge on any atom is -0.328 e. The van der Waals surface area contributed by atoms with Crippen LogP contribution in [0.25, 0.3) is 0 Å². The van der Waals surface area contributed by atoms with Gasteiger partial charge in [-0.2, -0.15) is 4.98 Å². The van der Waals surface area contributed by atoms with E-state index in [4.69, 9.17) is 0 Å². The molecule has 4 rings (SSSR count). The van der Waals surface area contributed by atoms with Gasteiger partial charge in [-0.05, 0) is 44.0 Å². The topological polar surface area (TPSA) is 71.8 Å². The van der Waals surface area contributed by atoms with Crippen molar-refractivity contribution in [3.63, 3.8) is 0 Å². The van der Waals surface area contributed by atoms with Crippen LogP contribution >= 0.6 is 11.8 Å². The number of amides is 1. The molecule has 1 unspecified atom stereocenters. The lowest BCUT2D eigenvalue weighted by molar-refractivity contribution is -0.113. The quantitative estimate of drug-likeness (QED) is 0.522. The van der Waals surface area contributed by atoms with Gasteiger partial charge in [0.2, 0.25) is 11.1 Å². The minimum atomic E-state index is -0.731. The highest BCUT2D eigenvalue weighted by Crippen LogP contribution is 2.37. The van der Waals surface area contributed by atoms with E-state index in [9.17, 15) is 9.18 Å². The van der Waals surface area contributed by atoms with Crippen LogP contribution in [0.15, 0.2) is 65.0 Å². The fourth-order valence-corrected chi connectivity index (χ4v) is 4.27. The number of nitrogens with one attached hydrogen (secondary N) is 2. The molecule has 1 aliphatic heterocycles. The second-order valence-corrected chi connectivity index (χ2v) is 8.48.